The summed E-state index contributed by atoms with van der Waals surface area (Å²) in [5.41, 5.74) is 2.74. The van der Waals surface area contributed by atoms with Gasteiger partial charge in [-0.2, -0.15) is 8.42 Å². The molecule has 0 bridgehead atoms. The van der Waals surface area contributed by atoms with E-state index in [4.69, 9.17) is 4.55 Å². The van der Waals surface area contributed by atoms with Gasteiger partial charge in [-0.05, 0) is 29.7 Å². The van der Waals surface area contributed by atoms with Gasteiger partial charge in [-0.15, -0.1) is 0 Å². The first-order valence-electron chi connectivity index (χ1n) is 13.6. The van der Waals surface area contributed by atoms with Crippen LogP contribution in [0, 0.1) is 0 Å². The molecular weight excluding hydrogens is 464 g/mol. The second-order valence-electron chi connectivity index (χ2n) is 9.12. The van der Waals surface area contributed by atoms with Crippen molar-refractivity contribution in [1.82, 2.24) is 0 Å². The normalized spacial score (nSPS) is 10.5. The average molecular weight is 511 g/mol. The first-order valence-corrected chi connectivity index (χ1v) is 15.0. The van der Waals surface area contributed by atoms with Gasteiger partial charge in [0.2, 0.25) is 0 Å². The van der Waals surface area contributed by atoms with Gasteiger partial charge in [-0.3, -0.25) is 4.55 Å². The Morgan fingerprint density at radius 2 is 0.806 bits per heavy atom. The smallest absolute Gasteiger partial charge is 0.282 e. The van der Waals surface area contributed by atoms with Crippen molar-refractivity contribution in [3.8, 4) is 0 Å². The minimum atomic E-state index is -4.00. The maximum absolute atomic E-state index is 10.4. The van der Waals surface area contributed by atoms with Gasteiger partial charge < -0.3 is 0 Å². The third-order valence-corrected chi connectivity index (χ3v) is 6.71. The monoisotopic (exact) mass is 510 g/mol. The molecule has 198 valence electrons. The van der Waals surface area contributed by atoms with E-state index >= 15 is 0 Å². The van der Waals surface area contributed by atoms with E-state index in [-0.39, 0.29) is 4.90 Å². The van der Waals surface area contributed by atoms with E-state index in [1.165, 1.54) is 93.9 Å². The van der Waals surface area contributed by atoms with Crippen LogP contribution in [0.2, 0.25) is 0 Å². The Labute approximate surface area is 220 Å². The predicted molar refractivity (Wildman–Crippen MR) is 154 cm³/mol. The van der Waals surface area contributed by atoms with E-state index in [0.717, 1.165) is 6.42 Å². The standard InChI is InChI=1S/C13H12.C13H28.C6H6O3S/c1-3-7-12(8-4-1)11-13-9-5-2-6-10-13;1-3-5-7-9-11-13-12-10-8-6-4-2;7-10(8,9)6-4-2-1-3-5-6/h1-10H,11H2;3-13H2,1-2H3;1-5H,(H,7,8,9). The van der Waals surface area contributed by atoms with Gasteiger partial charge in [0.25, 0.3) is 10.1 Å². The molecule has 4 heteroatoms. The van der Waals surface area contributed by atoms with Crippen LogP contribution in [-0.2, 0) is 16.5 Å². The SMILES string of the molecule is CCCCCCCCCCCCC.O=S(=O)(O)c1ccccc1.c1ccc(Cc2ccccc2)cc1. The van der Waals surface area contributed by atoms with Crippen LogP contribution in [0.5, 0.6) is 0 Å². The van der Waals surface area contributed by atoms with Gasteiger partial charge in [-0.25, -0.2) is 0 Å². The van der Waals surface area contributed by atoms with Gasteiger partial charge in [-0.1, -0.05) is 163 Å². The molecule has 3 nitrogen and oxygen atoms in total. The highest BCUT2D eigenvalue weighted by atomic mass is 32.2. The fraction of sp³-hybridized carbons (Fsp3) is 0.438. The van der Waals surface area contributed by atoms with E-state index in [2.05, 4.69) is 74.5 Å². The van der Waals surface area contributed by atoms with Crippen LogP contribution in [-0.4, -0.2) is 13.0 Å². The first-order chi connectivity index (χ1) is 17.5. The Bertz CT molecular complexity index is 924. The van der Waals surface area contributed by atoms with Crippen LogP contribution in [0.1, 0.15) is 95.6 Å². The number of rotatable bonds is 13. The maximum atomic E-state index is 10.4. The van der Waals surface area contributed by atoms with E-state index in [1.807, 2.05) is 0 Å². The molecule has 0 aliphatic heterocycles. The zero-order valence-electron chi connectivity index (χ0n) is 22.3. The first kappa shape index (κ1) is 31.6. The summed E-state index contributed by atoms with van der Waals surface area (Å²) in [5.74, 6) is 0. The van der Waals surface area contributed by atoms with Crippen molar-refractivity contribution in [3.05, 3.63) is 102 Å². The van der Waals surface area contributed by atoms with E-state index in [0.29, 0.717) is 0 Å². The lowest BCUT2D eigenvalue weighted by Crippen LogP contribution is -1.96. The molecule has 0 radical (unpaired) electrons. The zero-order valence-corrected chi connectivity index (χ0v) is 23.1. The molecule has 0 aliphatic rings. The Morgan fingerprint density at radius 3 is 1.08 bits per heavy atom. The molecule has 0 atom stereocenters. The molecule has 0 heterocycles. The second kappa shape index (κ2) is 20.7. The molecule has 3 rings (SSSR count). The van der Waals surface area contributed by atoms with Gasteiger partial charge in [0.05, 0.1) is 4.90 Å². The third-order valence-electron chi connectivity index (χ3n) is 5.84. The zero-order chi connectivity index (χ0) is 26.3. The molecule has 3 aromatic rings. The highest BCUT2D eigenvalue weighted by Gasteiger charge is 2.05. The molecular formula is C32H46O3S. The number of hydrogen-bond acceptors (Lipinski definition) is 2. The lowest BCUT2D eigenvalue weighted by atomic mass is 10.1. The quantitative estimate of drug-likeness (QED) is 0.184. The van der Waals surface area contributed by atoms with Crippen LogP contribution in [0.15, 0.2) is 95.9 Å². The fourth-order valence-electron chi connectivity index (χ4n) is 3.76. The molecule has 0 aliphatic carbocycles. The van der Waals surface area contributed by atoms with Gasteiger partial charge >= 0.3 is 0 Å². The van der Waals surface area contributed by atoms with Gasteiger partial charge in [0.1, 0.15) is 0 Å². The minimum absolute atomic E-state index is 0.0741. The van der Waals surface area contributed by atoms with Gasteiger partial charge in [0, 0.05) is 0 Å². The van der Waals surface area contributed by atoms with Crippen molar-refractivity contribution in [2.45, 2.75) is 95.8 Å². The van der Waals surface area contributed by atoms with Crippen molar-refractivity contribution in [1.29, 1.82) is 0 Å². The molecule has 0 spiro atoms. The minimum Gasteiger partial charge on any atom is -0.282 e. The summed E-state index contributed by atoms with van der Waals surface area (Å²) < 4.78 is 29.2. The molecule has 36 heavy (non-hydrogen) atoms. The van der Waals surface area contributed by atoms with Crippen LogP contribution in [0.4, 0.5) is 0 Å². The summed E-state index contributed by atoms with van der Waals surface area (Å²) in [6, 6.07) is 28.5. The largest absolute Gasteiger partial charge is 0.294 e. The number of unbranched alkanes of at least 4 members (excludes halogenated alkanes) is 10. The van der Waals surface area contributed by atoms with Crippen molar-refractivity contribution >= 4 is 10.1 Å². The number of benzene rings is 3. The lowest BCUT2D eigenvalue weighted by molar-refractivity contribution is 0.483. The molecule has 0 unspecified atom stereocenters. The Morgan fingerprint density at radius 1 is 0.500 bits per heavy atom. The van der Waals surface area contributed by atoms with Crippen molar-refractivity contribution < 1.29 is 13.0 Å². The highest BCUT2D eigenvalue weighted by Crippen LogP contribution is 2.11. The number of hydrogen-bond donors (Lipinski definition) is 1. The van der Waals surface area contributed by atoms with E-state index in [9.17, 15) is 8.42 Å². The summed E-state index contributed by atoms with van der Waals surface area (Å²) in [4.78, 5) is -0.0741. The second-order valence-corrected chi connectivity index (χ2v) is 10.5. The van der Waals surface area contributed by atoms with Crippen molar-refractivity contribution in [2.24, 2.45) is 0 Å². The Hall–Kier alpha value is -2.43. The summed E-state index contributed by atoms with van der Waals surface area (Å²) in [6.07, 6.45) is 17.0. The van der Waals surface area contributed by atoms with Crippen LogP contribution >= 0.6 is 0 Å². The molecule has 0 aromatic heterocycles. The lowest BCUT2D eigenvalue weighted by Gasteiger charge is -2.00. The van der Waals surface area contributed by atoms with Crippen molar-refractivity contribution in [2.75, 3.05) is 0 Å². The van der Waals surface area contributed by atoms with Gasteiger partial charge in [0.15, 0.2) is 0 Å². The topological polar surface area (TPSA) is 54.4 Å². The summed E-state index contributed by atoms with van der Waals surface area (Å²) >= 11 is 0. The highest BCUT2D eigenvalue weighted by molar-refractivity contribution is 7.85. The van der Waals surface area contributed by atoms with Crippen molar-refractivity contribution in [3.63, 3.8) is 0 Å². The summed E-state index contributed by atoms with van der Waals surface area (Å²) in [6.45, 7) is 4.56. The van der Waals surface area contributed by atoms with Crippen LogP contribution < -0.4 is 0 Å². The van der Waals surface area contributed by atoms with E-state index in [1.54, 1.807) is 18.2 Å². The molecule has 0 amide bonds. The summed E-state index contributed by atoms with van der Waals surface area (Å²) in [5, 5.41) is 0. The molecule has 0 fully saturated rings. The molecule has 1 N–H and O–H groups in total. The van der Waals surface area contributed by atoms with E-state index < -0.39 is 10.1 Å². The molecule has 0 saturated heterocycles. The Kier molecular flexibility index (Phi) is 18.2. The Balaban J connectivity index is 0.000000273. The molecule has 3 aromatic carbocycles. The van der Waals surface area contributed by atoms with Crippen LogP contribution in [0.3, 0.4) is 0 Å². The maximum Gasteiger partial charge on any atom is 0.294 e. The average Bonchev–Trinajstić information content (AvgIpc) is 2.90. The molecule has 0 saturated carbocycles. The third kappa shape index (κ3) is 17.1. The predicted octanol–water partition coefficient (Wildman–Crippen LogP) is 9.53. The summed E-state index contributed by atoms with van der Waals surface area (Å²) in [7, 11) is -4.00. The van der Waals surface area contributed by atoms with Crippen LogP contribution in [0.25, 0.3) is 0 Å². The fourth-order valence-corrected chi connectivity index (χ4v) is 4.26.